The third-order valence-corrected chi connectivity index (χ3v) is 3.34. The molecule has 7 heteroatoms. The van der Waals surface area contributed by atoms with E-state index in [1.165, 1.54) is 12.1 Å². The molecule has 0 aliphatic heterocycles. The molecular formula is C13H16Cl2N2O3. The number of carbonyl (C=O) groups excluding carboxylic acids is 1. The van der Waals surface area contributed by atoms with Gasteiger partial charge in [-0.2, -0.15) is 0 Å². The lowest BCUT2D eigenvalue weighted by atomic mass is 10.0. The molecular weight excluding hydrogens is 303 g/mol. The summed E-state index contributed by atoms with van der Waals surface area (Å²) < 4.78 is 0. The number of carboxylic acids is 1. The Bertz CT molecular complexity index is 521. The average Bonchev–Trinajstić information content (AvgIpc) is 2.38. The van der Waals surface area contributed by atoms with Crippen LogP contribution in [0.2, 0.25) is 10.0 Å². The average molecular weight is 319 g/mol. The number of amides is 1. The fraction of sp³-hybridized carbons (Fsp3) is 0.385. The number of halogens is 2. The molecule has 1 unspecified atom stereocenters. The molecule has 1 rings (SSSR count). The van der Waals surface area contributed by atoms with Gasteiger partial charge in [0.1, 0.15) is 0 Å². The van der Waals surface area contributed by atoms with Crippen LogP contribution in [0.15, 0.2) is 12.1 Å². The van der Waals surface area contributed by atoms with Crippen molar-refractivity contribution in [1.29, 1.82) is 0 Å². The molecule has 0 radical (unpaired) electrons. The van der Waals surface area contributed by atoms with Crippen molar-refractivity contribution in [3.8, 4) is 0 Å². The van der Waals surface area contributed by atoms with Crippen molar-refractivity contribution in [3.63, 3.8) is 0 Å². The van der Waals surface area contributed by atoms with Crippen LogP contribution in [0.3, 0.4) is 0 Å². The summed E-state index contributed by atoms with van der Waals surface area (Å²) in [6, 6.07) is 2.63. The summed E-state index contributed by atoms with van der Waals surface area (Å²) >= 11 is 11.7. The summed E-state index contributed by atoms with van der Waals surface area (Å²) in [6.07, 6.45) is 1.34. The van der Waals surface area contributed by atoms with Crippen LogP contribution in [-0.2, 0) is 4.79 Å². The van der Waals surface area contributed by atoms with Gasteiger partial charge in [0.15, 0.2) is 0 Å². The first kappa shape index (κ1) is 16.8. The largest absolute Gasteiger partial charge is 0.478 e. The number of anilines is 1. The third-order valence-electron chi connectivity index (χ3n) is 2.82. The van der Waals surface area contributed by atoms with E-state index in [2.05, 4.69) is 5.32 Å². The highest BCUT2D eigenvalue weighted by molar-refractivity contribution is 6.37. The SMILES string of the molecule is CC(CCCN)C(=O)Nc1c(Cl)cc(Cl)cc1C(=O)O. The predicted octanol–water partition coefficient (Wildman–Crippen LogP) is 3.01. The second kappa shape index (κ2) is 7.47. The van der Waals surface area contributed by atoms with Crippen LogP contribution in [0.5, 0.6) is 0 Å². The third kappa shape index (κ3) is 4.37. The van der Waals surface area contributed by atoms with Gasteiger partial charge in [0.05, 0.1) is 16.3 Å². The Morgan fingerprint density at radius 1 is 1.40 bits per heavy atom. The highest BCUT2D eigenvalue weighted by Gasteiger charge is 2.20. The minimum absolute atomic E-state index is 0.0631. The summed E-state index contributed by atoms with van der Waals surface area (Å²) in [5.74, 6) is -1.79. The minimum Gasteiger partial charge on any atom is -0.478 e. The van der Waals surface area contributed by atoms with Crippen LogP contribution in [0.1, 0.15) is 30.1 Å². The number of hydrogen-bond donors (Lipinski definition) is 3. The maximum absolute atomic E-state index is 12.0. The first-order valence-electron chi connectivity index (χ1n) is 6.10. The lowest BCUT2D eigenvalue weighted by Crippen LogP contribution is -2.22. The Morgan fingerprint density at radius 3 is 2.60 bits per heavy atom. The van der Waals surface area contributed by atoms with Crippen LogP contribution in [0, 0.1) is 5.92 Å². The molecule has 20 heavy (non-hydrogen) atoms. The van der Waals surface area contributed by atoms with Gasteiger partial charge in [0.2, 0.25) is 5.91 Å². The van der Waals surface area contributed by atoms with E-state index in [1.807, 2.05) is 0 Å². The smallest absolute Gasteiger partial charge is 0.337 e. The van der Waals surface area contributed by atoms with Gasteiger partial charge in [-0.25, -0.2) is 4.79 Å². The first-order valence-corrected chi connectivity index (χ1v) is 6.85. The zero-order valence-electron chi connectivity index (χ0n) is 11.0. The molecule has 0 heterocycles. The molecule has 1 atom stereocenters. The van der Waals surface area contributed by atoms with Gasteiger partial charge < -0.3 is 16.2 Å². The Hall–Kier alpha value is -1.30. The number of aromatic carboxylic acids is 1. The zero-order chi connectivity index (χ0) is 15.3. The van der Waals surface area contributed by atoms with E-state index < -0.39 is 5.97 Å². The molecule has 0 aliphatic carbocycles. The monoisotopic (exact) mass is 318 g/mol. The van der Waals surface area contributed by atoms with Crippen molar-refractivity contribution in [3.05, 3.63) is 27.7 Å². The summed E-state index contributed by atoms with van der Waals surface area (Å²) in [4.78, 5) is 23.2. The molecule has 110 valence electrons. The van der Waals surface area contributed by atoms with Gasteiger partial charge in [-0.05, 0) is 31.5 Å². The molecule has 0 aliphatic rings. The van der Waals surface area contributed by atoms with Crippen molar-refractivity contribution in [1.82, 2.24) is 0 Å². The number of carbonyl (C=O) groups is 2. The lowest BCUT2D eigenvalue weighted by molar-refractivity contribution is -0.119. The molecule has 0 fully saturated rings. The quantitative estimate of drug-likeness (QED) is 0.751. The van der Waals surface area contributed by atoms with Crippen LogP contribution in [-0.4, -0.2) is 23.5 Å². The molecule has 0 aromatic heterocycles. The Labute approximate surface area is 127 Å². The van der Waals surface area contributed by atoms with E-state index in [-0.39, 0.29) is 33.1 Å². The molecule has 0 spiro atoms. The summed E-state index contributed by atoms with van der Waals surface area (Å²) in [5.41, 5.74) is 5.31. The number of nitrogens with one attached hydrogen (secondary N) is 1. The second-order valence-corrected chi connectivity index (χ2v) is 5.28. The summed E-state index contributed by atoms with van der Waals surface area (Å²) in [7, 11) is 0. The van der Waals surface area contributed by atoms with Crippen molar-refractivity contribution in [2.75, 3.05) is 11.9 Å². The molecule has 5 nitrogen and oxygen atoms in total. The molecule has 1 aromatic carbocycles. The lowest BCUT2D eigenvalue weighted by Gasteiger charge is -2.15. The molecule has 0 saturated carbocycles. The fourth-order valence-corrected chi connectivity index (χ4v) is 2.21. The first-order chi connectivity index (χ1) is 9.36. The zero-order valence-corrected chi connectivity index (χ0v) is 12.5. The van der Waals surface area contributed by atoms with Crippen molar-refractivity contribution in [2.24, 2.45) is 11.7 Å². The van der Waals surface area contributed by atoms with Crippen molar-refractivity contribution < 1.29 is 14.7 Å². The molecule has 0 saturated heterocycles. The van der Waals surface area contributed by atoms with E-state index in [0.29, 0.717) is 19.4 Å². The van der Waals surface area contributed by atoms with Gasteiger partial charge in [-0.3, -0.25) is 4.79 Å². The van der Waals surface area contributed by atoms with E-state index in [1.54, 1.807) is 6.92 Å². The number of rotatable bonds is 6. The topological polar surface area (TPSA) is 92.4 Å². The fourth-order valence-electron chi connectivity index (χ4n) is 1.67. The van der Waals surface area contributed by atoms with Gasteiger partial charge in [0.25, 0.3) is 0 Å². The van der Waals surface area contributed by atoms with Crippen molar-refractivity contribution in [2.45, 2.75) is 19.8 Å². The molecule has 1 aromatic rings. The summed E-state index contributed by atoms with van der Waals surface area (Å²) in [5, 5.41) is 12.0. The van der Waals surface area contributed by atoms with E-state index in [4.69, 9.17) is 34.0 Å². The van der Waals surface area contributed by atoms with E-state index in [9.17, 15) is 9.59 Å². The second-order valence-electron chi connectivity index (χ2n) is 4.44. The molecule has 1 amide bonds. The highest BCUT2D eigenvalue weighted by atomic mass is 35.5. The molecule has 4 N–H and O–H groups in total. The normalized spacial score (nSPS) is 12.0. The van der Waals surface area contributed by atoms with Gasteiger partial charge >= 0.3 is 5.97 Å². The number of nitrogens with two attached hydrogens (primary N) is 1. The van der Waals surface area contributed by atoms with Gasteiger partial charge in [-0.15, -0.1) is 0 Å². The van der Waals surface area contributed by atoms with Gasteiger partial charge in [0, 0.05) is 10.9 Å². The number of hydrogen-bond acceptors (Lipinski definition) is 3. The van der Waals surface area contributed by atoms with Crippen LogP contribution in [0.25, 0.3) is 0 Å². The van der Waals surface area contributed by atoms with Crippen molar-refractivity contribution >= 4 is 40.8 Å². The Morgan fingerprint density at radius 2 is 2.05 bits per heavy atom. The highest BCUT2D eigenvalue weighted by Crippen LogP contribution is 2.30. The van der Waals surface area contributed by atoms with Crippen LogP contribution < -0.4 is 11.1 Å². The Kier molecular flexibility index (Phi) is 6.26. The van der Waals surface area contributed by atoms with E-state index >= 15 is 0 Å². The van der Waals surface area contributed by atoms with E-state index in [0.717, 1.165) is 0 Å². The molecule has 0 bridgehead atoms. The van der Waals surface area contributed by atoms with Crippen LogP contribution in [0.4, 0.5) is 5.69 Å². The maximum atomic E-state index is 12.0. The van der Waals surface area contributed by atoms with Crippen LogP contribution >= 0.6 is 23.2 Å². The van der Waals surface area contributed by atoms with Gasteiger partial charge in [-0.1, -0.05) is 30.1 Å². The minimum atomic E-state index is -1.21. The number of carboxylic acid groups (broad SMARTS) is 1. The maximum Gasteiger partial charge on any atom is 0.337 e. The summed E-state index contributed by atoms with van der Waals surface area (Å²) in [6.45, 7) is 2.24. The predicted molar refractivity (Wildman–Crippen MR) is 79.5 cm³/mol. The standard InChI is InChI=1S/C13H16Cl2N2O3/c1-7(3-2-4-16)12(18)17-11-9(13(19)20)5-8(14)6-10(11)15/h5-7H,2-4,16H2,1H3,(H,17,18)(H,19,20). The Balaban J connectivity index is 2.97. The number of benzene rings is 1.